The predicted molar refractivity (Wildman–Crippen MR) is 106 cm³/mol. The smallest absolute Gasteiger partial charge is 0.340 e. The van der Waals surface area contributed by atoms with Crippen molar-refractivity contribution in [1.82, 2.24) is 0 Å². The molecule has 1 aliphatic carbocycles. The van der Waals surface area contributed by atoms with Crippen LogP contribution in [-0.4, -0.2) is 17.4 Å². The molecule has 3 nitrogen and oxygen atoms in total. The number of hydrogen-bond acceptors (Lipinski definition) is 3. The predicted octanol–water partition coefficient (Wildman–Crippen LogP) is 5.26. The number of ketones is 1. The molecule has 2 aromatic rings. The number of aryl methyl sites for hydroxylation is 3. The van der Waals surface area contributed by atoms with E-state index in [0.29, 0.717) is 29.6 Å². The second-order valence-electron chi connectivity index (χ2n) is 7.95. The van der Waals surface area contributed by atoms with E-state index in [1.807, 2.05) is 32.9 Å². The van der Waals surface area contributed by atoms with Gasteiger partial charge < -0.3 is 4.74 Å². The van der Waals surface area contributed by atoms with Gasteiger partial charge in [0.15, 0.2) is 5.78 Å². The summed E-state index contributed by atoms with van der Waals surface area (Å²) in [5.41, 5.74) is 4.12. The Bertz CT molecular complexity index is 986. The van der Waals surface area contributed by atoms with Gasteiger partial charge >= 0.3 is 5.97 Å². The highest BCUT2D eigenvalue weighted by Gasteiger charge is 2.52. The first-order chi connectivity index (χ1) is 13.3. The largest absolute Gasteiger partial charge is 0.450 e. The highest BCUT2D eigenvalue weighted by Crippen LogP contribution is 2.49. The zero-order valence-electron chi connectivity index (χ0n) is 16.4. The number of hydrogen-bond donors (Lipinski definition) is 0. The lowest BCUT2D eigenvalue weighted by Crippen LogP contribution is -2.31. The molecule has 0 N–H and O–H groups in total. The van der Waals surface area contributed by atoms with Crippen molar-refractivity contribution in [3.63, 3.8) is 0 Å². The molecule has 4 rings (SSSR count). The van der Waals surface area contributed by atoms with E-state index >= 15 is 0 Å². The summed E-state index contributed by atoms with van der Waals surface area (Å²) in [6.07, 6.45) is 3.11. The molecule has 4 heteroatoms. The van der Waals surface area contributed by atoms with E-state index in [-0.39, 0.29) is 5.78 Å². The van der Waals surface area contributed by atoms with E-state index in [0.717, 1.165) is 35.1 Å². The Morgan fingerprint density at radius 2 is 1.57 bits per heavy atom. The molecule has 144 valence electrons. The van der Waals surface area contributed by atoms with Gasteiger partial charge in [-0.2, -0.15) is 0 Å². The first kappa shape index (κ1) is 18.6. The summed E-state index contributed by atoms with van der Waals surface area (Å²) in [6, 6.07) is 9.53. The van der Waals surface area contributed by atoms with Gasteiger partial charge in [0.1, 0.15) is 11.4 Å². The van der Waals surface area contributed by atoms with Crippen molar-refractivity contribution in [1.29, 1.82) is 0 Å². The van der Waals surface area contributed by atoms with Crippen LogP contribution in [0.15, 0.2) is 42.0 Å². The van der Waals surface area contributed by atoms with Gasteiger partial charge in [0.2, 0.25) is 0 Å². The summed E-state index contributed by atoms with van der Waals surface area (Å²) in [5.74, 6) is -1.07. The molecule has 1 fully saturated rings. The van der Waals surface area contributed by atoms with Crippen molar-refractivity contribution in [3.8, 4) is 0 Å². The molecule has 2 aromatic carbocycles. The number of rotatable bonds is 3. The van der Waals surface area contributed by atoms with Gasteiger partial charge in [-0.25, -0.2) is 9.18 Å². The summed E-state index contributed by atoms with van der Waals surface area (Å²) in [4.78, 5) is 26.6. The van der Waals surface area contributed by atoms with Gasteiger partial charge in [0.05, 0.1) is 11.1 Å². The Morgan fingerprint density at radius 3 is 2.14 bits per heavy atom. The maximum absolute atomic E-state index is 13.5. The van der Waals surface area contributed by atoms with Crippen LogP contribution in [0.2, 0.25) is 0 Å². The van der Waals surface area contributed by atoms with E-state index in [1.54, 1.807) is 0 Å². The number of benzene rings is 2. The molecular weight excluding hydrogens is 355 g/mol. The monoisotopic (exact) mass is 378 g/mol. The number of carbonyl (C=O) groups is 2. The zero-order valence-corrected chi connectivity index (χ0v) is 16.4. The third-order valence-corrected chi connectivity index (χ3v) is 5.87. The second-order valence-corrected chi connectivity index (χ2v) is 7.95. The second kappa shape index (κ2) is 6.69. The SMILES string of the molecule is Cc1cc(C)c(C2=C(C(=O)c3ccc(F)cc3)C3(CCCC3)OC2=O)c(C)c1. The molecule has 1 spiro atoms. The first-order valence-corrected chi connectivity index (χ1v) is 9.69. The van der Waals surface area contributed by atoms with Crippen LogP contribution >= 0.6 is 0 Å². The molecule has 1 saturated carbocycles. The summed E-state index contributed by atoms with van der Waals surface area (Å²) in [6.45, 7) is 5.92. The van der Waals surface area contributed by atoms with Crippen molar-refractivity contribution >= 4 is 17.3 Å². The standard InChI is InChI=1S/C24H23FO3/c1-14-12-15(2)19(16(3)13-14)20-21(22(26)17-6-8-18(25)9-7-17)24(28-23(20)27)10-4-5-11-24/h6-9,12-13H,4-5,10-11H2,1-3H3. The zero-order chi connectivity index (χ0) is 20.1. The average molecular weight is 378 g/mol. The molecule has 0 atom stereocenters. The number of esters is 1. The van der Waals surface area contributed by atoms with Crippen molar-refractivity contribution in [2.24, 2.45) is 0 Å². The quantitative estimate of drug-likeness (QED) is 0.541. The molecule has 1 heterocycles. The molecular formula is C24H23FO3. The minimum Gasteiger partial charge on any atom is -0.450 e. The van der Waals surface area contributed by atoms with Crippen LogP contribution in [0.4, 0.5) is 4.39 Å². The van der Waals surface area contributed by atoms with Gasteiger partial charge in [-0.1, -0.05) is 17.7 Å². The van der Waals surface area contributed by atoms with E-state index < -0.39 is 17.4 Å². The van der Waals surface area contributed by atoms with Crippen LogP contribution in [-0.2, 0) is 9.53 Å². The van der Waals surface area contributed by atoms with Crippen LogP contribution < -0.4 is 0 Å². The van der Waals surface area contributed by atoms with Crippen molar-refractivity contribution in [2.45, 2.75) is 52.1 Å². The number of halogens is 1. The van der Waals surface area contributed by atoms with Crippen LogP contribution in [0.25, 0.3) is 5.57 Å². The molecule has 0 unspecified atom stereocenters. The minimum absolute atomic E-state index is 0.248. The van der Waals surface area contributed by atoms with Crippen molar-refractivity contribution < 1.29 is 18.7 Å². The number of carbonyl (C=O) groups excluding carboxylic acids is 2. The Hall–Kier alpha value is -2.75. The number of Topliss-reactive ketones (excluding diaryl/α,β-unsaturated/α-hetero) is 1. The highest BCUT2D eigenvalue weighted by atomic mass is 19.1. The van der Waals surface area contributed by atoms with E-state index in [9.17, 15) is 14.0 Å². The van der Waals surface area contributed by atoms with E-state index in [1.165, 1.54) is 24.3 Å². The topological polar surface area (TPSA) is 43.4 Å². The Balaban J connectivity index is 1.98. The molecule has 0 aromatic heterocycles. The highest BCUT2D eigenvalue weighted by molar-refractivity contribution is 6.30. The Labute approximate surface area is 164 Å². The van der Waals surface area contributed by atoms with Gasteiger partial charge in [-0.05, 0) is 87.4 Å². The van der Waals surface area contributed by atoms with Crippen LogP contribution in [0.3, 0.4) is 0 Å². The number of ether oxygens (including phenoxy) is 1. The van der Waals surface area contributed by atoms with Gasteiger partial charge in [0, 0.05) is 5.56 Å². The Morgan fingerprint density at radius 1 is 1.00 bits per heavy atom. The lowest BCUT2D eigenvalue weighted by molar-refractivity contribution is -0.144. The molecule has 0 saturated heterocycles. The Kier molecular flexibility index (Phi) is 4.45. The normalized spacial score (nSPS) is 18.1. The fourth-order valence-corrected chi connectivity index (χ4v) is 4.78. The summed E-state index contributed by atoms with van der Waals surface area (Å²) in [5, 5.41) is 0. The van der Waals surface area contributed by atoms with Gasteiger partial charge in [-0.3, -0.25) is 4.79 Å². The molecule has 2 aliphatic rings. The van der Waals surface area contributed by atoms with E-state index in [2.05, 4.69) is 0 Å². The molecule has 0 bridgehead atoms. The molecule has 1 aliphatic heterocycles. The van der Waals surface area contributed by atoms with Crippen molar-refractivity contribution in [2.75, 3.05) is 0 Å². The van der Waals surface area contributed by atoms with Gasteiger partial charge in [-0.15, -0.1) is 0 Å². The molecule has 0 amide bonds. The van der Waals surface area contributed by atoms with Gasteiger partial charge in [0.25, 0.3) is 0 Å². The summed E-state index contributed by atoms with van der Waals surface area (Å²) >= 11 is 0. The third-order valence-electron chi connectivity index (χ3n) is 5.87. The third kappa shape index (κ3) is 2.88. The van der Waals surface area contributed by atoms with E-state index in [4.69, 9.17) is 4.74 Å². The van der Waals surface area contributed by atoms with Crippen LogP contribution in [0.5, 0.6) is 0 Å². The summed E-state index contributed by atoms with van der Waals surface area (Å²) in [7, 11) is 0. The summed E-state index contributed by atoms with van der Waals surface area (Å²) < 4.78 is 19.3. The average Bonchev–Trinajstić information content (AvgIpc) is 3.19. The maximum Gasteiger partial charge on any atom is 0.340 e. The fourth-order valence-electron chi connectivity index (χ4n) is 4.78. The maximum atomic E-state index is 13.5. The minimum atomic E-state index is -0.859. The fraction of sp³-hybridized carbons (Fsp3) is 0.333. The molecule has 0 radical (unpaired) electrons. The lowest BCUT2D eigenvalue weighted by Gasteiger charge is -2.25. The first-order valence-electron chi connectivity index (χ1n) is 9.69. The van der Waals surface area contributed by atoms with Crippen molar-refractivity contribution in [3.05, 3.63) is 75.6 Å². The lowest BCUT2D eigenvalue weighted by atomic mass is 9.81. The molecule has 28 heavy (non-hydrogen) atoms. The van der Waals surface area contributed by atoms with Crippen LogP contribution in [0, 0.1) is 26.6 Å². The van der Waals surface area contributed by atoms with Crippen LogP contribution in [0.1, 0.15) is 58.3 Å².